The topological polar surface area (TPSA) is 87.4 Å². The summed E-state index contributed by atoms with van der Waals surface area (Å²) in [5.74, 6) is 0.942. The molecule has 0 unspecified atom stereocenters. The Morgan fingerprint density at radius 3 is 2.62 bits per heavy atom. The van der Waals surface area contributed by atoms with Crippen LogP contribution in [0.15, 0.2) is 24.4 Å². The number of carbonyl (C=O) groups excluding carboxylic acids is 2. The van der Waals surface area contributed by atoms with Crippen molar-refractivity contribution < 1.29 is 19.1 Å². The van der Waals surface area contributed by atoms with Gasteiger partial charge in [-0.05, 0) is 81.9 Å². The van der Waals surface area contributed by atoms with Gasteiger partial charge in [-0.2, -0.15) is 0 Å². The van der Waals surface area contributed by atoms with Crippen molar-refractivity contribution in [3.05, 3.63) is 52.5 Å². The number of ketones is 1. The molecule has 3 aromatic rings. The fourth-order valence-electron chi connectivity index (χ4n) is 4.81. The molecule has 0 atom stereocenters. The molecule has 2 aromatic heterocycles. The molecule has 0 spiro atoms. The largest absolute Gasteiger partial charge is 0.497 e. The van der Waals surface area contributed by atoms with E-state index in [9.17, 15) is 9.59 Å². The van der Waals surface area contributed by atoms with Crippen molar-refractivity contribution in [3.63, 3.8) is 0 Å². The molecule has 7 heteroatoms. The molecule has 1 fully saturated rings. The lowest BCUT2D eigenvalue weighted by atomic mass is 9.89. The van der Waals surface area contributed by atoms with Gasteiger partial charge in [0.25, 0.3) is 0 Å². The highest BCUT2D eigenvalue weighted by Gasteiger charge is 2.27. The molecule has 0 bridgehead atoms. The number of nitrogens with one attached hydrogen (secondary N) is 2. The van der Waals surface area contributed by atoms with Crippen LogP contribution in [0.5, 0.6) is 5.75 Å². The number of aryl methyl sites for hydroxylation is 1. The smallest absolute Gasteiger partial charge is 0.340 e. The number of piperidine rings is 1. The molecule has 1 aliphatic heterocycles. The van der Waals surface area contributed by atoms with Crippen molar-refractivity contribution in [2.45, 2.75) is 39.5 Å². The number of aromatic nitrogens is 2. The van der Waals surface area contributed by atoms with Crippen molar-refractivity contribution in [1.82, 2.24) is 14.9 Å². The molecular weight excluding hydrogens is 406 g/mol. The van der Waals surface area contributed by atoms with Crippen molar-refractivity contribution in [2.75, 3.05) is 33.4 Å². The predicted molar refractivity (Wildman–Crippen MR) is 124 cm³/mol. The Morgan fingerprint density at radius 2 is 1.94 bits per heavy atom. The van der Waals surface area contributed by atoms with E-state index in [2.05, 4.69) is 33.2 Å². The third-order valence-corrected chi connectivity index (χ3v) is 6.51. The van der Waals surface area contributed by atoms with Gasteiger partial charge in [-0.3, -0.25) is 9.69 Å². The molecule has 32 heavy (non-hydrogen) atoms. The van der Waals surface area contributed by atoms with Crippen LogP contribution >= 0.6 is 0 Å². The van der Waals surface area contributed by atoms with E-state index in [-0.39, 0.29) is 11.8 Å². The number of ether oxygens (including phenoxy) is 2. The van der Waals surface area contributed by atoms with Gasteiger partial charge in [0.2, 0.25) is 0 Å². The first-order valence-corrected chi connectivity index (χ1v) is 11.2. The second-order valence-corrected chi connectivity index (χ2v) is 8.47. The van der Waals surface area contributed by atoms with E-state index < -0.39 is 0 Å². The summed E-state index contributed by atoms with van der Waals surface area (Å²) in [5, 5.41) is 1.21. The summed E-state index contributed by atoms with van der Waals surface area (Å²) in [7, 11) is 1.69. The number of Topliss-reactive ketones (excluding diaryl/α,β-unsaturated/α-hetero) is 1. The number of likely N-dealkylation sites (tertiary alicyclic amines) is 1. The highest BCUT2D eigenvalue weighted by Crippen LogP contribution is 2.34. The van der Waals surface area contributed by atoms with Gasteiger partial charge in [0, 0.05) is 22.8 Å². The minimum atomic E-state index is -0.381. The minimum Gasteiger partial charge on any atom is -0.497 e. The Labute approximate surface area is 188 Å². The highest BCUT2D eigenvalue weighted by atomic mass is 16.5. The van der Waals surface area contributed by atoms with E-state index >= 15 is 0 Å². The monoisotopic (exact) mass is 437 g/mol. The fraction of sp³-hybridized carbons (Fsp3) is 0.440. The number of fused-ring (bicyclic) bond motifs is 1. The van der Waals surface area contributed by atoms with Crippen LogP contribution in [-0.4, -0.2) is 60.0 Å². The number of hydrogen-bond acceptors (Lipinski definition) is 5. The van der Waals surface area contributed by atoms with Crippen molar-refractivity contribution in [1.29, 1.82) is 0 Å². The van der Waals surface area contributed by atoms with Crippen molar-refractivity contribution >= 4 is 22.7 Å². The molecular formula is C25H31N3O4. The Kier molecular flexibility index (Phi) is 6.37. The van der Waals surface area contributed by atoms with Crippen molar-refractivity contribution in [2.24, 2.45) is 0 Å². The SMILES string of the molecule is CCOC(=O)c1c(C)[nH]c(C(=O)CN2CCC(c3c[nH]c4ccc(OC)cc34)CC2)c1C. The molecule has 7 nitrogen and oxygen atoms in total. The molecule has 170 valence electrons. The molecule has 3 heterocycles. The Bertz CT molecular complexity index is 1140. The van der Waals surface area contributed by atoms with Gasteiger partial charge in [0.05, 0.1) is 31.5 Å². The van der Waals surface area contributed by atoms with Crippen LogP contribution in [0.3, 0.4) is 0 Å². The molecule has 2 N–H and O–H groups in total. The van der Waals surface area contributed by atoms with Crippen LogP contribution in [0.1, 0.15) is 63.4 Å². The van der Waals surface area contributed by atoms with Gasteiger partial charge in [-0.25, -0.2) is 4.79 Å². The number of H-pyrrole nitrogens is 2. The van der Waals surface area contributed by atoms with Crippen LogP contribution in [0.2, 0.25) is 0 Å². The quantitative estimate of drug-likeness (QED) is 0.424. The lowest BCUT2D eigenvalue weighted by Crippen LogP contribution is -2.37. The van der Waals surface area contributed by atoms with Crippen LogP contribution in [0.4, 0.5) is 0 Å². The van der Waals surface area contributed by atoms with E-state index in [1.54, 1.807) is 27.9 Å². The van der Waals surface area contributed by atoms with E-state index in [0.29, 0.717) is 41.6 Å². The van der Waals surface area contributed by atoms with E-state index in [4.69, 9.17) is 9.47 Å². The molecule has 4 rings (SSSR count). The number of benzene rings is 1. The zero-order valence-corrected chi connectivity index (χ0v) is 19.2. The number of hydrogen-bond donors (Lipinski definition) is 2. The number of aromatic amines is 2. The fourth-order valence-corrected chi connectivity index (χ4v) is 4.81. The Morgan fingerprint density at radius 1 is 1.19 bits per heavy atom. The summed E-state index contributed by atoms with van der Waals surface area (Å²) in [4.78, 5) is 33.9. The van der Waals surface area contributed by atoms with Gasteiger partial charge in [0.1, 0.15) is 5.75 Å². The summed E-state index contributed by atoms with van der Waals surface area (Å²) in [6.45, 7) is 7.75. The maximum Gasteiger partial charge on any atom is 0.340 e. The van der Waals surface area contributed by atoms with Crippen LogP contribution in [0.25, 0.3) is 10.9 Å². The lowest BCUT2D eigenvalue weighted by Gasteiger charge is -2.31. The normalized spacial score (nSPS) is 15.2. The summed E-state index contributed by atoms with van der Waals surface area (Å²) >= 11 is 0. The zero-order chi connectivity index (χ0) is 22.8. The highest BCUT2D eigenvalue weighted by molar-refractivity contribution is 6.02. The number of rotatable bonds is 7. The molecule has 0 amide bonds. The zero-order valence-electron chi connectivity index (χ0n) is 19.2. The van der Waals surface area contributed by atoms with Crippen LogP contribution in [0, 0.1) is 13.8 Å². The molecule has 1 saturated heterocycles. The number of methoxy groups -OCH3 is 1. The first-order chi connectivity index (χ1) is 15.4. The first-order valence-electron chi connectivity index (χ1n) is 11.2. The maximum absolute atomic E-state index is 13.0. The summed E-state index contributed by atoms with van der Waals surface area (Å²) in [6.07, 6.45) is 4.10. The van der Waals surface area contributed by atoms with Gasteiger partial charge >= 0.3 is 5.97 Å². The predicted octanol–water partition coefficient (Wildman–Crippen LogP) is 4.36. The second-order valence-electron chi connectivity index (χ2n) is 8.47. The van der Waals surface area contributed by atoms with Crippen LogP contribution < -0.4 is 4.74 Å². The third kappa shape index (κ3) is 4.17. The van der Waals surface area contributed by atoms with Gasteiger partial charge in [-0.1, -0.05) is 0 Å². The van der Waals surface area contributed by atoms with Gasteiger partial charge in [-0.15, -0.1) is 0 Å². The Hall–Kier alpha value is -3.06. The van der Waals surface area contributed by atoms with E-state index in [1.165, 1.54) is 10.9 Å². The summed E-state index contributed by atoms with van der Waals surface area (Å²) in [5.41, 5.74) is 4.78. The van der Waals surface area contributed by atoms with Crippen molar-refractivity contribution in [3.8, 4) is 5.75 Å². The van der Waals surface area contributed by atoms with Gasteiger partial charge in [0.15, 0.2) is 5.78 Å². The summed E-state index contributed by atoms with van der Waals surface area (Å²) in [6, 6.07) is 6.11. The molecule has 0 radical (unpaired) electrons. The third-order valence-electron chi connectivity index (χ3n) is 6.51. The minimum absolute atomic E-state index is 0.0106. The molecule has 1 aromatic carbocycles. The molecule has 1 aliphatic rings. The lowest BCUT2D eigenvalue weighted by molar-refractivity contribution is 0.0525. The molecule has 0 aliphatic carbocycles. The van der Waals surface area contributed by atoms with E-state index in [0.717, 1.165) is 37.2 Å². The molecule has 0 saturated carbocycles. The first kappa shape index (κ1) is 22.1. The van der Waals surface area contributed by atoms with Crippen LogP contribution in [-0.2, 0) is 4.74 Å². The van der Waals surface area contributed by atoms with Gasteiger partial charge < -0.3 is 19.4 Å². The number of esters is 1. The maximum atomic E-state index is 13.0. The van der Waals surface area contributed by atoms with E-state index in [1.807, 2.05) is 6.07 Å². The average molecular weight is 438 g/mol. The summed E-state index contributed by atoms with van der Waals surface area (Å²) < 4.78 is 10.5. The standard InChI is InChI=1S/C25H31N3O4/c1-5-32-25(30)23-15(2)24(27-16(23)3)22(29)14-28-10-8-17(9-11-28)20-13-26-21-7-6-18(31-4)12-19(20)21/h6-7,12-13,17,26-27H,5,8-11,14H2,1-4H3. The average Bonchev–Trinajstić information content (AvgIpc) is 3.34. The Balaban J connectivity index is 1.41. The number of nitrogens with zero attached hydrogens (tertiary/aromatic N) is 1. The number of carbonyl (C=O) groups is 2. The second kappa shape index (κ2) is 9.20.